The van der Waals surface area contributed by atoms with Gasteiger partial charge in [0.2, 0.25) is 0 Å². The first-order valence-electron chi connectivity index (χ1n) is 2.49. The average Bonchev–Trinajstić information content (AvgIpc) is 2.14. The molecule has 0 bridgehead atoms. The minimum absolute atomic E-state index is 0.479. The number of rotatable bonds is 1. The Bertz CT molecular complexity index is 229. The second kappa shape index (κ2) is 1.89. The van der Waals surface area contributed by atoms with E-state index in [2.05, 4.69) is 0 Å². The van der Waals surface area contributed by atoms with E-state index in [4.69, 9.17) is 0 Å². The van der Waals surface area contributed by atoms with Gasteiger partial charge < -0.3 is 0 Å². The summed E-state index contributed by atoms with van der Waals surface area (Å²) in [6.45, 7) is 1.81. The highest BCUT2D eigenvalue weighted by Gasteiger charge is 1.97. The van der Waals surface area contributed by atoms with E-state index in [1.165, 1.54) is 12.4 Å². The number of hydrogen-bond acceptors (Lipinski definition) is 2. The van der Waals surface area contributed by atoms with Gasteiger partial charge in [0.25, 0.3) is 0 Å². The van der Waals surface area contributed by atoms with Crippen LogP contribution in [0.15, 0.2) is 18.5 Å². The smallest absolute Gasteiger partial charge is 0.169 e. The lowest BCUT2D eigenvalue weighted by molar-refractivity contribution is -0.542. The molecule has 9 heavy (non-hydrogen) atoms. The van der Waals surface area contributed by atoms with Crippen molar-refractivity contribution in [1.29, 1.82) is 0 Å². The molecule has 0 atom stereocenters. The van der Waals surface area contributed by atoms with Gasteiger partial charge >= 0.3 is 0 Å². The van der Waals surface area contributed by atoms with E-state index in [-0.39, 0.29) is 0 Å². The quantitative estimate of drug-likeness (QED) is 0.413. The lowest BCUT2D eigenvalue weighted by atomic mass is 10.4. The van der Waals surface area contributed by atoms with E-state index in [1.807, 2.05) is 0 Å². The summed E-state index contributed by atoms with van der Waals surface area (Å²) in [5.41, 5.74) is 0.895. The summed E-state index contributed by atoms with van der Waals surface area (Å²) in [6.07, 6.45) is 2.87. The minimum atomic E-state index is -0.479. The van der Waals surface area contributed by atoms with Crippen LogP contribution in [0.5, 0.6) is 0 Å². The summed E-state index contributed by atoms with van der Waals surface area (Å²) in [7, 11) is 0. The van der Waals surface area contributed by atoms with Crippen molar-refractivity contribution in [2.45, 2.75) is 6.92 Å². The maximum absolute atomic E-state index is 9.98. The molecule has 0 saturated heterocycles. The van der Waals surface area contributed by atoms with Crippen molar-refractivity contribution in [1.82, 2.24) is 4.68 Å². The Balaban J connectivity index is 2.98. The summed E-state index contributed by atoms with van der Waals surface area (Å²) < 4.78 is 0.926. The monoisotopic (exact) mass is 126 g/mol. The van der Waals surface area contributed by atoms with Gasteiger partial charge in [0.05, 0.1) is 12.4 Å². The second-order valence-corrected chi connectivity index (χ2v) is 1.81. The van der Waals surface area contributed by atoms with E-state index in [9.17, 15) is 10.1 Å². The average molecular weight is 126 g/mol. The first-order valence-corrected chi connectivity index (χ1v) is 2.49. The van der Waals surface area contributed by atoms with E-state index in [0.29, 0.717) is 0 Å². The zero-order chi connectivity index (χ0) is 6.85. The molecule has 1 rings (SSSR count). The Morgan fingerprint density at radius 2 is 2.44 bits per heavy atom. The summed E-state index contributed by atoms with van der Waals surface area (Å²) in [5.74, 6) is 0. The van der Waals surface area contributed by atoms with Crippen molar-refractivity contribution in [3.05, 3.63) is 34.1 Å². The molecule has 4 nitrogen and oxygen atoms in total. The third-order valence-electron chi connectivity index (χ3n) is 1.01. The predicted octanol–water partition coefficient (Wildman–Crippen LogP) is 0.836. The van der Waals surface area contributed by atoms with Crippen LogP contribution in [0.25, 0.3) is 0 Å². The maximum Gasteiger partial charge on any atom is 0.169 e. The number of nitro groups is 1. The third kappa shape index (κ3) is 1.07. The highest BCUT2D eigenvalue weighted by molar-refractivity contribution is 5.05. The Morgan fingerprint density at radius 1 is 1.78 bits per heavy atom. The first kappa shape index (κ1) is 5.81. The van der Waals surface area contributed by atoms with Crippen molar-refractivity contribution in [2.24, 2.45) is 0 Å². The molecule has 0 aliphatic rings. The van der Waals surface area contributed by atoms with E-state index < -0.39 is 5.03 Å². The van der Waals surface area contributed by atoms with E-state index >= 15 is 0 Å². The lowest BCUT2D eigenvalue weighted by Gasteiger charge is -1.84. The van der Waals surface area contributed by atoms with Gasteiger partial charge in [-0.1, -0.05) is 4.68 Å². The molecule has 1 heterocycles. The molecule has 0 amide bonds. The molecular weight excluding hydrogens is 120 g/mol. The summed E-state index contributed by atoms with van der Waals surface area (Å²) in [5, 5.41) is 9.50. The Hall–Kier alpha value is -1.32. The Kier molecular flexibility index (Phi) is 1.22. The van der Waals surface area contributed by atoms with Crippen molar-refractivity contribution >= 4 is 0 Å². The van der Waals surface area contributed by atoms with E-state index in [0.717, 1.165) is 10.2 Å². The van der Waals surface area contributed by atoms with Crippen molar-refractivity contribution in [3.8, 4) is 0 Å². The summed E-state index contributed by atoms with van der Waals surface area (Å²) >= 11 is 0. The maximum atomic E-state index is 9.98. The largest absolute Gasteiger partial charge is 0.234 e. The molecule has 0 radical (unpaired) electrons. The van der Waals surface area contributed by atoms with Crippen LogP contribution in [0.4, 0.5) is 0 Å². The van der Waals surface area contributed by atoms with Crippen LogP contribution in [0.2, 0.25) is 0 Å². The molecule has 0 unspecified atom stereocenters. The van der Waals surface area contributed by atoms with Crippen molar-refractivity contribution < 1.29 is 5.03 Å². The van der Waals surface area contributed by atoms with Crippen LogP contribution in [0.1, 0.15) is 5.56 Å². The molecule has 4 heteroatoms. The van der Waals surface area contributed by atoms with Gasteiger partial charge in [0.1, 0.15) is 0 Å². The van der Waals surface area contributed by atoms with E-state index in [1.54, 1.807) is 13.0 Å². The number of hydrogen-bond donors (Lipinski definition) is 0. The van der Waals surface area contributed by atoms with Gasteiger partial charge in [0, 0.05) is 0 Å². The highest BCUT2D eigenvalue weighted by Crippen LogP contribution is 1.96. The second-order valence-electron chi connectivity index (χ2n) is 1.81. The molecule has 0 aliphatic carbocycles. The van der Waals surface area contributed by atoms with Crippen molar-refractivity contribution in [2.75, 3.05) is 0 Å². The predicted molar refractivity (Wildman–Crippen MR) is 31.6 cm³/mol. The Labute approximate surface area is 51.8 Å². The van der Waals surface area contributed by atoms with Gasteiger partial charge in [-0.3, -0.25) is 0 Å². The molecule has 1 aromatic heterocycles. The van der Waals surface area contributed by atoms with Gasteiger partial charge in [0.15, 0.2) is 5.03 Å². The van der Waals surface area contributed by atoms with Gasteiger partial charge in [-0.2, -0.15) is 0 Å². The highest BCUT2D eigenvalue weighted by atomic mass is 16.7. The van der Waals surface area contributed by atoms with Crippen LogP contribution in [0.3, 0.4) is 0 Å². The number of aromatic nitrogens is 1. The number of nitrogens with zero attached hydrogens (tertiary/aromatic N) is 2. The van der Waals surface area contributed by atoms with Crippen LogP contribution in [-0.2, 0) is 0 Å². The van der Waals surface area contributed by atoms with Crippen LogP contribution in [-0.4, -0.2) is 9.71 Å². The molecule has 0 aromatic carbocycles. The standard InChI is InChI=1S/C5H6N2O2/c1-5-2-3-6(4-5)7(8)9/h2-4H,1H3. The molecular formula is C5H6N2O2. The third-order valence-corrected chi connectivity index (χ3v) is 1.01. The van der Waals surface area contributed by atoms with Crippen molar-refractivity contribution in [3.63, 3.8) is 0 Å². The summed E-state index contributed by atoms with van der Waals surface area (Å²) in [6, 6.07) is 1.68. The van der Waals surface area contributed by atoms with Crippen LogP contribution in [0, 0.1) is 17.0 Å². The van der Waals surface area contributed by atoms with Crippen LogP contribution >= 0.6 is 0 Å². The fourth-order valence-corrected chi connectivity index (χ4v) is 0.590. The fourth-order valence-electron chi connectivity index (χ4n) is 0.590. The van der Waals surface area contributed by atoms with Gasteiger partial charge in [-0.05, 0) is 18.6 Å². The SMILES string of the molecule is Cc1ccn([N+](=O)[O-])c1. The van der Waals surface area contributed by atoms with Gasteiger partial charge in [-0.25, -0.2) is 10.1 Å². The molecule has 0 spiro atoms. The molecule has 0 N–H and O–H groups in total. The normalized spacial score (nSPS) is 9.44. The topological polar surface area (TPSA) is 48.1 Å². The van der Waals surface area contributed by atoms with Gasteiger partial charge in [-0.15, -0.1) is 0 Å². The first-order chi connectivity index (χ1) is 4.20. The lowest BCUT2D eigenvalue weighted by Crippen LogP contribution is -2.04. The Morgan fingerprint density at radius 3 is 2.67 bits per heavy atom. The number of aryl methyl sites for hydroxylation is 1. The molecule has 48 valence electrons. The molecule has 0 fully saturated rings. The molecule has 0 aliphatic heterocycles. The van der Waals surface area contributed by atoms with Crippen LogP contribution < -0.4 is 0 Å². The zero-order valence-corrected chi connectivity index (χ0v) is 4.94. The fraction of sp³-hybridized carbons (Fsp3) is 0.200. The summed E-state index contributed by atoms with van der Waals surface area (Å²) in [4.78, 5) is 9.98. The molecule has 1 aromatic rings. The zero-order valence-electron chi connectivity index (χ0n) is 4.94. The molecule has 0 saturated carbocycles. The minimum Gasteiger partial charge on any atom is -0.234 e.